The molecule has 4 heterocycles. The number of pyridine rings is 1. The molecule has 2 aliphatic heterocycles. The van der Waals surface area contributed by atoms with Gasteiger partial charge in [0.1, 0.15) is 17.9 Å². The van der Waals surface area contributed by atoms with Crippen LogP contribution in [0, 0.1) is 0 Å². The van der Waals surface area contributed by atoms with Crippen LogP contribution in [-0.2, 0) is 6.42 Å². The maximum absolute atomic E-state index is 11.0. The van der Waals surface area contributed by atoms with Crippen molar-refractivity contribution in [3.63, 3.8) is 0 Å². The van der Waals surface area contributed by atoms with Crippen molar-refractivity contribution in [3.05, 3.63) is 30.1 Å². The van der Waals surface area contributed by atoms with Gasteiger partial charge in [-0.1, -0.05) is 12.8 Å². The molecule has 1 saturated heterocycles. The Morgan fingerprint density at radius 2 is 1.79 bits per heavy atom. The number of fused-ring (bicyclic) bond motifs is 1. The molecular formula is C23H34N8O2. The average Bonchev–Trinajstić information content (AvgIpc) is 3.39. The molecule has 2 fully saturated rings. The van der Waals surface area contributed by atoms with Gasteiger partial charge >= 0.3 is 0 Å². The van der Waals surface area contributed by atoms with E-state index < -0.39 is 12.5 Å². The number of aromatic nitrogens is 3. The van der Waals surface area contributed by atoms with Crippen LogP contribution >= 0.6 is 0 Å². The van der Waals surface area contributed by atoms with E-state index in [1.54, 1.807) is 6.20 Å². The van der Waals surface area contributed by atoms with Crippen LogP contribution in [0.1, 0.15) is 37.7 Å². The summed E-state index contributed by atoms with van der Waals surface area (Å²) < 4.78 is 0. The van der Waals surface area contributed by atoms with E-state index in [0.717, 1.165) is 81.8 Å². The van der Waals surface area contributed by atoms with Gasteiger partial charge in [-0.2, -0.15) is 4.98 Å². The SMILES string of the molecule is OC1NCCCc2cnc(Nc3ccc(N4CCNCC4)nc3)nc2N(C2CCCC2)C1O. The highest BCUT2D eigenvalue weighted by Gasteiger charge is 2.35. The van der Waals surface area contributed by atoms with Gasteiger partial charge in [-0.05, 0) is 44.4 Å². The Kier molecular flexibility index (Phi) is 6.86. The second kappa shape index (κ2) is 10.2. The molecule has 1 saturated carbocycles. The Morgan fingerprint density at radius 1 is 0.970 bits per heavy atom. The Balaban J connectivity index is 1.40. The summed E-state index contributed by atoms with van der Waals surface area (Å²) in [6, 6.07) is 4.16. The minimum atomic E-state index is -1.06. The topological polar surface area (TPSA) is 122 Å². The van der Waals surface area contributed by atoms with Gasteiger partial charge in [0.25, 0.3) is 0 Å². The number of rotatable bonds is 4. The summed E-state index contributed by atoms with van der Waals surface area (Å²) in [7, 11) is 0. The van der Waals surface area contributed by atoms with Crippen LogP contribution in [0.5, 0.6) is 0 Å². The summed E-state index contributed by atoms with van der Waals surface area (Å²) in [5.41, 5.74) is 1.81. The van der Waals surface area contributed by atoms with Crippen molar-refractivity contribution in [2.45, 2.75) is 57.0 Å². The molecule has 178 valence electrons. The van der Waals surface area contributed by atoms with Crippen molar-refractivity contribution in [3.8, 4) is 0 Å². The molecular weight excluding hydrogens is 420 g/mol. The van der Waals surface area contributed by atoms with Crippen LogP contribution in [0.25, 0.3) is 0 Å². The van der Waals surface area contributed by atoms with Crippen LogP contribution in [0.4, 0.5) is 23.3 Å². The fraction of sp³-hybridized carbons (Fsp3) is 0.609. The molecule has 2 unspecified atom stereocenters. The normalized spacial score (nSPS) is 24.7. The quantitative estimate of drug-likeness (QED) is 0.456. The first-order valence-corrected chi connectivity index (χ1v) is 12.1. The van der Waals surface area contributed by atoms with Gasteiger partial charge in [-0.25, -0.2) is 9.97 Å². The van der Waals surface area contributed by atoms with E-state index in [1.807, 2.05) is 23.2 Å². The molecule has 10 heteroatoms. The molecule has 33 heavy (non-hydrogen) atoms. The zero-order valence-electron chi connectivity index (χ0n) is 19.0. The molecule has 5 rings (SSSR count). The lowest BCUT2D eigenvalue weighted by Gasteiger charge is -2.37. The van der Waals surface area contributed by atoms with Crippen LogP contribution < -0.4 is 25.8 Å². The highest BCUT2D eigenvalue weighted by atomic mass is 16.4. The summed E-state index contributed by atoms with van der Waals surface area (Å²) in [6.45, 7) is 4.47. The largest absolute Gasteiger partial charge is 0.374 e. The number of aryl methyl sites for hydroxylation is 1. The van der Waals surface area contributed by atoms with E-state index in [9.17, 15) is 10.2 Å². The van der Waals surface area contributed by atoms with Crippen molar-refractivity contribution < 1.29 is 10.2 Å². The Bertz CT molecular complexity index is 915. The van der Waals surface area contributed by atoms with Crippen LogP contribution in [-0.4, -0.2) is 76.4 Å². The number of aliphatic hydroxyl groups excluding tert-OH is 2. The summed E-state index contributed by atoms with van der Waals surface area (Å²) in [6.07, 6.45) is 7.38. The third-order valence-corrected chi connectivity index (χ3v) is 6.79. The van der Waals surface area contributed by atoms with Crippen molar-refractivity contribution in [2.75, 3.05) is 47.8 Å². The highest BCUT2D eigenvalue weighted by Crippen LogP contribution is 2.33. The monoisotopic (exact) mass is 454 g/mol. The Morgan fingerprint density at radius 3 is 2.55 bits per heavy atom. The molecule has 3 aliphatic rings. The molecule has 5 N–H and O–H groups in total. The number of nitrogens with zero attached hydrogens (tertiary/aromatic N) is 5. The Labute approximate surface area is 194 Å². The van der Waals surface area contributed by atoms with Gasteiger partial charge in [-0.15, -0.1) is 0 Å². The van der Waals surface area contributed by atoms with E-state index in [2.05, 4.69) is 30.8 Å². The third kappa shape index (κ3) is 5.03. The van der Waals surface area contributed by atoms with Gasteiger partial charge in [0.2, 0.25) is 5.95 Å². The second-order valence-corrected chi connectivity index (χ2v) is 9.07. The third-order valence-electron chi connectivity index (χ3n) is 6.79. The summed E-state index contributed by atoms with van der Waals surface area (Å²) in [5.74, 6) is 2.14. The smallest absolute Gasteiger partial charge is 0.229 e. The first kappa shape index (κ1) is 22.3. The standard InChI is InChI=1S/C23H34N8O2/c32-21-22(33)31(18-5-1-2-6-18)20-16(4-3-9-25-21)14-27-23(29-20)28-17-7-8-19(26-15-17)30-12-10-24-11-13-30/h7-8,14-15,18,21-22,24-25,32-33H,1-6,9-13H2,(H,27,28,29). The van der Waals surface area contributed by atoms with Gasteiger partial charge < -0.3 is 30.6 Å². The van der Waals surface area contributed by atoms with E-state index >= 15 is 0 Å². The van der Waals surface area contributed by atoms with Crippen molar-refractivity contribution in [1.82, 2.24) is 25.6 Å². The number of hydrogen-bond donors (Lipinski definition) is 5. The molecule has 0 amide bonds. The summed E-state index contributed by atoms with van der Waals surface area (Å²) >= 11 is 0. The molecule has 0 aromatic carbocycles. The lowest BCUT2D eigenvalue weighted by atomic mass is 10.1. The molecule has 2 atom stereocenters. The van der Waals surface area contributed by atoms with E-state index in [4.69, 9.17) is 4.98 Å². The second-order valence-electron chi connectivity index (χ2n) is 9.07. The zero-order valence-corrected chi connectivity index (χ0v) is 19.0. The van der Waals surface area contributed by atoms with Crippen LogP contribution in [0.15, 0.2) is 24.5 Å². The summed E-state index contributed by atoms with van der Waals surface area (Å²) in [4.78, 5) is 18.2. The molecule has 2 aromatic heterocycles. The maximum atomic E-state index is 11.0. The predicted octanol–water partition coefficient (Wildman–Crippen LogP) is 0.946. The predicted molar refractivity (Wildman–Crippen MR) is 128 cm³/mol. The van der Waals surface area contributed by atoms with Crippen LogP contribution in [0.2, 0.25) is 0 Å². The highest BCUT2D eigenvalue weighted by molar-refractivity contribution is 5.58. The zero-order chi connectivity index (χ0) is 22.6. The average molecular weight is 455 g/mol. The van der Waals surface area contributed by atoms with Gasteiger partial charge in [0, 0.05) is 44.0 Å². The lowest BCUT2D eigenvalue weighted by molar-refractivity contribution is -0.00701. The lowest BCUT2D eigenvalue weighted by Crippen LogP contribution is -2.54. The maximum Gasteiger partial charge on any atom is 0.229 e. The molecule has 2 aromatic rings. The van der Waals surface area contributed by atoms with Crippen LogP contribution in [0.3, 0.4) is 0 Å². The number of anilines is 4. The van der Waals surface area contributed by atoms with Gasteiger partial charge in [0.15, 0.2) is 6.23 Å². The minimum Gasteiger partial charge on any atom is -0.374 e. The van der Waals surface area contributed by atoms with Gasteiger partial charge in [0.05, 0.1) is 11.9 Å². The molecule has 0 bridgehead atoms. The molecule has 1 aliphatic carbocycles. The fourth-order valence-corrected chi connectivity index (χ4v) is 5.01. The van der Waals surface area contributed by atoms with E-state index in [-0.39, 0.29) is 6.04 Å². The molecule has 0 radical (unpaired) electrons. The summed E-state index contributed by atoms with van der Waals surface area (Å²) in [5, 5.41) is 31.2. The van der Waals surface area contributed by atoms with Crippen molar-refractivity contribution >= 4 is 23.3 Å². The molecule has 0 spiro atoms. The van der Waals surface area contributed by atoms with Crippen molar-refractivity contribution in [2.24, 2.45) is 0 Å². The van der Waals surface area contributed by atoms with E-state index in [0.29, 0.717) is 18.3 Å². The number of piperazine rings is 1. The first-order valence-electron chi connectivity index (χ1n) is 12.1. The van der Waals surface area contributed by atoms with Crippen molar-refractivity contribution in [1.29, 1.82) is 0 Å². The first-order chi connectivity index (χ1) is 16.2. The number of hydrogen-bond acceptors (Lipinski definition) is 10. The number of nitrogens with one attached hydrogen (secondary N) is 3. The minimum absolute atomic E-state index is 0.149. The Hall–Kier alpha value is -2.53. The molecule has 10 nitrogen and oxygen atoms in total. The van der Waals surface area contributed by atoms with E-state index in [1.165, 1.54) is 0 Å². The fourth-order valence-electron chi connectivity index (χ4n) is 5.01. The number of aliphatic hydroxyl groups is 2. The van der Waals surface area contributed by atoms with Gasteiger partial charge in [-0.3, -0.25) is 5.32 Å².